The Balaban J connectivity index is 1.94. The number of fused-ring (bicyclic) bond motifs is 1. The van der Waals surface area contributed by atoms with E-state index in [1.165, 1.54) is 5.39 Å². The van der Waals surface area contributed by atoms with Crippen molar-refractivity contribution in [2.45, 2.75) is 66.5 Å². The highest BCUT2D eigenvalue weighted by atomic mass is 15.0. The van der Waals surface area contributed by atoms with Gasteiger partial charge in [-0.25, -0.2) is 4.98 Å². The zero-order valence-corrected chi connectivity index (χ0v) is 23.0. The van der Waals surface area contributed by atoms with E-state index in [-0.39, 0.29) is 11.0 Å². The van der Waals surface area contributed by atoms with Crippen LogP contribution in [0.25, 0.3) is 22.0 Å². The Labute approximate surface area is 216 Å². The fourth-order valence-corrected chi connectivity index (χ4v) is 4.59. The highest BCUT2D eigenvalue weighted by Gasteiger charge is 2.31. The van der Waals surface area contributed by atoms with Crippen molar-refractivity contribution in [1.82, 2.24) is 4.98 Å². The summed E-state index contributed by atoms with van der Waals surface area (Å²) in [7, 11) is 0. The van der Waals surface area contributed by atoms with E-state index in [1.807, 2.05) is 6.07 Å². The van der Waals surface area contributed by atoms with E-state index in [0.29, 0.717) is 0 Å². The maximum absolute atomic E-state index is 5.51. The molecule has 3 nitrogen and oxygen atoms in total. The normalized spacial score (nSPS) is 13.2. The molecule has 36 heavy (non-hydrogen) atoms. The van der Waals surface area contributed by atoms with Crippen molar-refractivity contribution in [2.24, 2.45) is 10.4 Å². The molecule has 0 unspecified atom stereocenters. The molecule has 0 radical (unpaired) electrons. The first-order valence-corrected chi connectivity index (χ1v) is 12.8. The van der Waals surface area contributed by atoms with Crippen LogP contribution in [0.1, 0.15) is 66.6 Å². The first-order valence-electron chi connectivity index (χ1n) is 12.8. The molecule has 0 aliphatic carbocycles. The fraction of sp³-hybridized carbons (Fsp3) is 0.333. The van der Waals surface area contributed by atoms with Crippen LogP contribution in [-0.2, 0) is 5.54 Å². The van der Waals surface area contributed by atoms with Crippen LogP contribution >= 0.6 is 0 Å². The molecule has 0 spiro atoms. The summed E-state index contributed by atoms with van der Waals surface area (Å²) in [6.07, 6.45) is 0. The van der Waals surface area contributed by atoms with Gasteiger partial charge in [-0.2, -0.15) is 0 Å². The maximum atomic E-state index is 5.51. The van der Waals surface area contributed by atoms with Crippen LogP contribution in [0.4, 0.5) is 5.69 Å². The Morgan fingerprint density at radius 3 is 2.00 bits per heavy atom. The van der Waals surface area contributed by atoms with Gasteiger partial charge in [-0.3, -0.25) is 4.99 Å². The van der Waals surface area contributed by atoms with Gasteiger partial charge < -0.3 is 5.32 Å². The van der Waals surface area contributed by atoms with Gasteiger partial charge in [0.25, 0.3) is 0 Å². The van der Waals surface area contributed by atoms with E-state index >= 15 is 0 Å². The topological polar surface area (TPSA) is 37.3 Å². The second-order valence-corrected chi connectivity index (χ2v) is 12.1. The van der Waals surface area contributed by atoms with E-state index in [9.17, 15) is 0 Å². The number of rotatable bonds is 5. The Morgan fingerprint density at radius 1 is 0.722 bits per heavy atom. The largest absolute Gasteiger partial charge is 0.380 e. The monoisotopic (exact) mass is 477 g/mol. The molecule has 0 aliphatic rings. The summed E-state index contributed by atoms with van der Waals surface area (Å²) in [5, 5.41) is 6.01. The predicted molar refractivity (Wildman–Crippen MR) is 156 cm³/mol. The lowest BCUT2D eigenvalue weighted by molar-refractivity contribution is 0.518. The number of para-hydroxylation sites is 1. The van der Waals surface area contributed by atoms with Gasteiger partial charge in [0.15, 0.2) is 0 Å². The number of benzene rings is 3. The molecule has 0 saturated heterocycles. The van der Waals surface area contributed by atoms with Crippen LogP contribution < -0.4 is 5.32 Å². The molecule has 3 aromatic carbocycles. The third-order valence-electron chi connectivity index (χ3n) is 6.18. The summed E-state index contributed by atoms with van der Waals surface area (Å²) in [5.41, 5.74) is 5.60. The van der Waals surface area contributed by atoms with Crippen molar-refractivity contribution >= 4 is 22.2 Å². The minimum Gasteiger partial charge on any atom is -0.380 e. The molecule has 0 saturated carbocycles. The predicted octanol–water partition coefficient (Wildman–Crippen LogP) is 8.88. The molecule has 4 rings (SSSR count). The van der Waals surface area contributed by atoms with Gasteiger partial charge in [-0.15, -0.1) is 0 Å². The lowest BCUT2D eigenvalue weighted by Crippen LogP contribution is -2.31. The lowest BCUT2D eigenvalue weighted by Gasteiger charge is -2.31. The number of aliphatic imine (C=N–C) groups is 1. The van der Waals surface area contributed by atoms with Gasteiger partial charge in [-0.1, -0.05) is 93.6 Å². The zero-order valence-electron chi connectivity index (χ0n) is 23.0. The second-order valence-electron chi connectivity index (χ2n) is 12.1. The smallest absolute Gasteiger partial charge is 0.0980 e. The standard InChI is InChI=1S/C33H39N3/c1-31(2,3)29(26-20-14-15-21-27(26)35-32(4,5)6)36-33(7,8)30-25-19-13-12-18-24(25)22-28(34-30)23-16-10-9-11-17-23/h9-22,35H,1-8H3. The molecule has 1 heterocycles. The number of pyridine rings is 1. The van der Waals surface area contributed by atoms with E-state index in [0.717, 1.165) is 39.3 Å². The maximum Gasteiger partial charge on any atom is 0.0980 e. The zero-order chi connectivity index (χ0) is 26.1. The van der Waals surface area contributed by atoms with E-state index in [2.05, 4.69) is 140 Å². The first kappa shape index (κ1) is 25.6. The molecule has 3 heteroatoms. The molecule has 0 amide bonds. The quantitative estimate of drug-likeness (QED) is 0.291. The molecule has 0 fully saturated rings. The number of anilines is 1. The summed E-state index contributed by atoms with van der Waals surface area (Å²) in [4.78, 5) is 10.7. The van der Waals surface area contributed by atoms with Crippen molar-refractivity contribution in [1.29, 1.82) is 0 Å². The summed E-state index contributed by atoms with van der Waals surface area (Å²) < 4.78 is 0. The summed E-state index contributed by atoms with van der Waals surface area (Å²) >= 11 is 0. The van der Waals surface area contributed by atoms with Crippen LogP contribution in [0, 0.1) is 5.41 Å². The Hall–Kier alpha value is -3.46. The van der Waals surface area contributed by atoms with Crippen molar-refractivity contribution in [3.63, 3.8) is 0 Å². The van der Waals surface area contributed by atoms with Crippen LogP contribution in [0.2, 0.25) is 0 Å². The molecule has 0 atom stereocenters. The number of hydrogen-bond acceptors (Lipinski definition) is 3. The van der Waals surface area contributed by atoms with Gasteiger partial charge in [-0.05, 0) is 52.1 Å². The highest BCUT2D eigenvalue weighted by Crippen LogP contribution is 2.37. The average Bonchev–Trinajstić information content (AvgIpc) is 2.81. The molecular weight excluding hydrogens is 438 g/mol. The minimum atomic E-state index is -0.554. The summed E-state index contributed by atoms with van der Waals surface area (Å²) in [6.45, 7) is 17.6. The molecule has 1 N–H and O–H groups in total. The molecule has 4 aromatic rings. The number of nitrogens with zero attached hydrogens (tertiary/aromatic N) is 2. The molecule has 186 valence electrons. The van der Waals surface area contributed by atoms with Crippen LogP contribution in [-0.4, -0.2) is 16.2 Å². The third-order valence-corrected chi connectivity index (χ3v) is 6.18. The Bertz CT molecular complexity index is 1380. The molecule has 1 aromatic heterocycles. The average molecular weight is 478 g/mol. The minimum absolute atomic E-state index is 0.0591. The van der Waals surface area contributed by atoms with Gasteiger partial charge in [0, 0.05) is 33.2 Å². The van der Waals surface area contributed by atoms with E-state index in [1.54, 1.807) is 0 Å². The Kier molecular flexibility index (Phi) is 6.79. The van der Waals surface area contributed by atoms with Crippen molar-refractivity contribution in [3.8, 4) is 11.3 Å². The Morgan fingerprint density at radius 2 is 1.33 bits per heavy atom. The van der Waals surface area contributed by atoms with Gasteiger partial charge in [0.2, 0.25) is 0 Å². The van der Waals surface area contributed by atoms with Gasteiger partial charge >= 0.3 is 0 Å². The summed E-state index contributed by atoms with van der Waals surface area (Å²) in [6, 6.07) is 29.6. The van der Waals surface area contributed by atoms with Crippen LogP contribution in [0.5, 0.6) is 0 Å². The van der Waals surface area contributed by atoms with Crippen molar-refractivity contribution in [3.05, 3.63) is 96.2 Å². The van der Waals surface area contributed by atoms with E-state index in [4.69, 9.17) is 9.98 Å². The SMILES string of the molecule is CC(C)(C)Nc1ccccc1C(=NC(C)(C)c1nc(-c2ccccc2)cc2ccccc12)C(C)(C)C. The van der Waals surface area contributed by atoms with E-state index < -0.39 is 5.54 Å². The lowest BCUT2D eigenvalue weighted by atomic mass is 9.83. The third kappa shape index (κ3) is 5.67. The number of nitrogens with one attached hydrogen (secondary N) is 1. The number of hydrogen-bond donors (Lipinski definition) is 1. The van der Waals surface area contributed by atoms with Crippen LogP contribution in [0.15, 0.2) is 89.9 Å². The molecular formula is C33H39N3. The van der Waals surface area contributed by atoms with Gasteiger partial charge in [0.05, 0.1) is 22.6 Å². The van der Waals surface area contributed by atoms with Crippen molar-refractivity contribution < 1.29 is 0 Å². The molecule has 0 aliphatic heterocycles. The van der Waals surface area contributed by atoms with Crippen LogP contribution in [0.3, 0.4) is 0 Å². The number of aromatic nitrogens is 1. The van der Waals surface area contributed by atoms with Gasteiger partial charge in [0.1, 0.15) is 0 Å². The van der Waals surface area contributed by atoms with Crippen molar-refractivity contribution in [2.75, 3.05) is 5.32 Å². The second kappa shape index (κ2) is 9.54. The summed E-state index contributed by atoms with van der Waals surface area (Å²) in [5.74, 6) is 0. The first-order chi connectivity index (χ1) is 16.9. The fourth-order valence-electron chi connectivity index (χ4n) is 4.59. The molecule has 0 bridgehead atoms. The highest BCUT2D eigenvalue weighted by molar-refractivity contribution is 6.08.